The lowest BCUT2D eigenvalue weighted by atomic mass is 10.2. The fourth-order valence-corrected chi connectivity index (χ4v) is 2.07. The lowest BCUT2D eigenvalue weighted by molar-refractivity contribution is 0.478. The average Bonchev–Trinajstić information content (AvgIpc) is 2.81. The molecule has 0 saturated heterocycles. The maximum Gasteiger partial charge on any atom is 0.160 e. The van der Waals surface area contributed by atoms with Crippen LogP contribution in [0.2, 0.25) is 5.15 Å². The molecule has 0 amide bonds. The number of nitrogens with two attached hydrogens (primary N) is 1. The summed E-state index contributed by atoms with van der Waals surface area (Å²) < 4.78 is 7.33. The van der Waals surface area contributed by atoms with Crippen LogP contribution in [0.25, 0.3) is 5.65 Å². The van der Waals surface area contributed by atoms with Crippen molar-refractivity contribution in [3.8, 4) is 11.5 Å². The number of aromatic nitrogens is 3. The van der Waals surface area contributed by atoms with Gasteiger partial charge in [-0.1, -0.05) is 11.6 Å². The molecule has 0 bridgehead atoms. The third-order valence-electron chi connectivity index (χ3n) is 2.74. The van der Waals surface area contributed by atoms with Gasteiger partial charge < -0.3 is 10.5 Å². The Kier molecular flexibility index (Phi) is 2.76. The molecule has 0 aliphatic heterocycles. The van der Waals surface area contributed by atoms with E-state index < -0.39 is 0 Å². The molecule has 3 aromatic rings. The molecular formula is C13H11ClN4O. The van der Waals surface area contributed by atoms with Crippen LogP contribution in [-0.4, -0.2) is 14.6 Å². The van der Waals surface area contributed by atoms with E-state index >= 15 is 0 Å². The number of nitrogen functional groups attached to an aromatic ring is 1. The van der Waals surface area contributed by atoms with Crippen molar-refractivity contribution in [2.75, 3.05) is 5.73 Å². The number of halogens is 1. The maximum absolute atomic E-state index is 6.10. The molecule has 0 aliphatic carbocycles. The van der Waals surface area contributed by atoms with Crippen molar-refractivity contribution < 1.29 is 4.74 Å². The first-order valence-corrected chi connectivity index (χ1v) is 6.04. The minimum absolute atomic E-state index is 0.443. The highest BCUT2D eigenvalue weighted by Crippen LogP contribution is 2.28. The Hall–Kier alpha value is -2.27. The first-order chi connectivity index (χ1) is 9.13. The molecule has 19 heavy (non-hydrogen) atoms. The Labute approximate surface area is 114 Å². The quantitative estimate of drug-likeness (QED) is 0.576. The number of pyridine rings is 1. The predicted molar refractivity (Wildman–Crippen MR) is 73.7 cm³/mol. The molecule has 96 valence electrons. The van der Waals surface area contributed by atoms with E-state index in [-0.39, 0.29) is 0 Å². The van der Waals surface area contributed by atoms with Crippen LogP contribution in [0.4, 0.5) is 5.69 Å². The monoisotopic (exact) mass is 274 g/mol. The molecule has 0 unspecified atom stereocenters. The molecule has 0 aliphatic rings. The Morgan fingerprint density at radius 2 is 2.11 bits per heavy atom. The smallest absolute Gasteiger partial charge is 0.160 e. The van der Waals surface area contributed by atoms with Gasteiger partial charge in [0.25, 0.3) is 0 Å². The first-order valence-electron chi connectivity index (χ1n) is 5.67. The second kappa shape index (κ2) is 4.44. The van der Waals surface area contributed by atoms with Crippen molar-refractivity contribution in [2.24, 2.45) is 0 Å². The number of hydrogen-bond donors (Lipinski definition) is 1. The third-order valence-corrected chi connectivity index (χ3v) is 3.01. The zero-order chi connectivity index (χ0) is 13.4. The van der Waals surface area contributed by atoms with Gasteiger partial charge in [0.05, 0.1) is 0 Å². The fraction of sp³-hybridized carbons (Fsp3) is 0.0769. The summed E-state index contributed by atoms with van der Waals surface area (Å²) in [6, 6.07) is 8.94. The van der Waals surface area contributed by atoms with Crippen molar-refractivity contribution in [3.63, 3.8) is 0 Å². The summed E-state index contributed by atoms with van der Waals surface area (Å²) in [5.74, 6) is 1.34. The highest BCUT2D eigenvalue weighted by Gasteiger charge is 2.07. The summed E-state index contributed by atoms with van der Waals surface area (Å²) in [5.41, 5.74) is 8.00. The minimum atomic E-state index is 0.443. The number of rotatable bonds is 2. The lowest BCUT2D eigenvalue weighted by Crippen LogP contribution is -1.94. The van der Waals surface area contributed by atoms with Gasteiger partial charge in [0.2, 0.25) is 0 Å². The van der Waals surface area contributed by atoms with Crippen LogP contribution < -0.4 is 10.5 Å². The highest BCUT2D eigenvalue weighted by molar-refractivity contribution is 6.29. The standard InChI is InChI=1S/C13H11ClN4O/c1-8-4-9(15)2-3-11(8)19-10-5-12(14)18-13(6-10)16-7-17-18/h2-7H,15H2,1H3. The Balaban J connectivity index is 2.00. The second-order valence-electron chi connectivity index (χ2n) is 4.17. The molecular weight excluding hydrogens is 264 g/mol. The van der Waals surface area contributed by atoms with Gasteiger partial charge in [-0.15, -0.1) is 0 Å². The van der Waals surface area contributed by atoms with Crippen LogP contribution in [0.5, 0.6) is 11.5 Å². The molecule has 0 radical (unpaired) electrons. The molecule has 0 spiro atoms. The molecule has 6 heteroatoms. The van der Waals surface area contributed by atoms with E-state index in [1.54, 1.807) is 18.2 Å². The number of benzene rings is 1. The summed E-state index contributed by atoms with van der Waals surface area (Å²) in [5, 5.41) is 4.44. The lowest BCUT2D eigenvalue weighted by Gasteiger charge is -2.09. The Morgan fingerprint density at radius 1 is 1.26 bits per heavy atom. The molecule has 2 heterocycles. The Bertz CT molecular complexity index is 753. The maximum atomic E-state index is 6.10. The van der Waals surface area contributed by atoms with E-state index in [1.807, 2.05) is 19.1 Å². The van der Waals surface area contributed by atoms with Gasteiger partial charge >= 0.3 is 0 Å². The van der Waals surface area contributed by atoms with Gasteiger partial charge in [-0.3, -0.25) is 0 Å². The van der Waals surface area contributed by atoms with Crippen LogP contribution in [-0.2, 0) is 0 Å². The van der Waals surface area contributed by atoms with Crippen LogP contribution >= 0.6 is 11.6 Å². The zero-order valence-corrected chi connectivity index (χ0v) is 10.9. The molecule has 0 atom stereocenters. The number of ether oxygens (including phenoxy) is 1. The van der Waals surface area contributed by atoms with Crippen LogP contribution in [0.1, 0.15) is 5.56 Å². The summed E-state index contributed by atoms with van der Waals surface area (Å²) in [7, 11) is 0. The van der Waals surface area contributed by atoms with E-state index in [2.05, 4.69) is 10.1 Å². The predicted octanol–water partition coefficient (Wildman–Crippen LogP) is 3.07. The summed E-state index contributed by atoms with van der Waals surface area (Å²) in [6.45, 7) is 1.93. The van der Waals surface area contributed by atoms with Gasteiger partial charge in [0.15, 0.2) is 5.65 Å². The molecule has 5 nitrogen and oxygen atoms in total. The van der Waals surface area contributed by atoms with Crippen LogP contribution in [0.3, 0.4) is 0 Å². The van der Waals surface area contributed by atoms with E-state index in [0.717, 1.165) is 11.3 Å². The minimum Gasteiger partial charge on any atom is -0.457 e. The fourth-order valence-electron chi connectivity index (χ4n) is 1.83. The first kappa shape index (κ1) is 11.8. The van der Waals surface area contributed by atoms with Crippen molar-refractivity contribution >= 4 is 22.9 Å². The topological polar surface area (TPSA) is 65.4 Å². The van der Waals surface area contributed by atoms with E-state index in [1.165, 1.54) is 10.8 Å². The summed E-state index contributed by atoms with van der Waals surface area (Å²) >= 11 is 6.10. The molecule has 0 saturated carbocycles. The molecule has 0 fully saturated rings. The van der Waals surface area contributed by atoms with Gasteiger partial charge in [-0.05, 0) is 30.7 Å². The second-order valence-corrected chi connectivity index (χ2v) is 4.56. The number of hydrogen-bond acceptors (Lipinski definition) is 4. The van der Waals surface area contributed by atoms with Crippen molar-refractivity contribution in [3.05, 3.63) is 47.4 Å². The summed E-state index contributed by atoms with van der Waals surface area (Å²) in [4.78, 5) is 4.09. The molecule has 3 rings (SSSR count). The normalized spacial score (nSPS) is 10.8. The van der Waals surface area contributed by atoms with Gasteiger partial charge in [0.1, 0.15) is 23.0 Å². The molecule has 2 N–H and O–H groups in total. The Morgan fingerprint density at radius 3 is 2.89 bits per heavy atom. The van der Waals surface area contributed by atoms with Gasteiger partial charge in [-0.2, -0.15) is 5.10 Å². The number of anilines is 1. The SMILES string of the molecule is Cc1cc(N)ccc1Oc1cc(Cl)n2ncnc2c1. The van der Waals surface area contributed by atoms with E-state index in [4.69, 9.17) is 22.1 Å². The van der Waals surface area contributed by atoms with Crippen molar-refractivity contribution in [1.29, 1.82) is 0 Å². The van der Waals surface area contributed by atoms with E-state index in [9.17, 15) is 0 Å². The van der Waals surface area contributed by atoms with Crippen LogP contribution in [0, 0.1) is 6.92 Å². The highest BCUT2D eigenvalue weighted by atomic mass is 35.5. The third kappa shape index (κ3) is 2.20. The van der Waals surface area contributed by atoms with Gasteiger partial charge in [-0.25, -0.2) is 9.50 Å². The summed E-state index contributed by atoms with van der Waals surface area (Å²) in [6.07, 6.45) is 1.44. The van der Waals surface area contributed by atoms with E-state index in [0.29, 0.717) is 22.2 Å². The molecule has 1 aromatic carbocycles. The van der Waals surface area contributed by atoms with Crippen molar-refractivity contribution in [1.82, 2.24) is 14.6 Å². The van der Waals surface area contributed by atoms with Crippen LogP contribution in [0.15, 0.2) is 36.7 Å². The number of aryl methyl sites for hydroxylation is 1. The zero-order valence-electron chi connectivity index (χ0n) is 10.2. The largest absolute Gasteiger partial charge is 0.457 e. The number of fused-ring (bicyclic) bond motifs is 1. The average molecular weight is 275 g/mol. The number of nitrogens with zero attached hydrogens (tertiary/aromatic N) is 3. The molecule has 2 aromatic heterocycles. The van der Waals surface area contributed by atoms with Gasteiger partial charge in [0, 0.05) is 17.8 Å². The van der Waals surface area contributed by atoms with Crippen molar-refractivity contribution in [2.45, 2.75) is 6.92 Å².